The fourth-order valence-electron chi connectivity index (χ4n) is 10.7. The number of carbonyl (C=O) groups excluding carboxylic acids is 4. The number of rotatable bonds is 11. The molecule has 50 heavy (non-hydrogen) atoms. The van der Waals surface area contributed by atoms with Gasteiger partial charge in [-0.3, -0.25) is 19.2 Å². The second-order valence-corrected chi connectivity index (χ2v) is 17.0. The highest BCUT2D eigenvalue weighted by atomic mass is 16.1. The van der Waals surface area contributed by atoms with E-state index >= 15 is 0 Å². The lowest BCUT2D eigenvalue weighted by Gasteiger charge is -2.39. The van der Waals surface area contributed by atoms with Crippen LogP contribution in [0.15, 0.2) is 66.7 Å². The Morgan fingerprint density at radius 1 is 0.640 bits per heavy atom. The zero-order chi connectivity index (χ0) is 34.7. The molecule has 2 atom stereocenters. The van der Waals surface area contributed by atoms with Crippen LogP contribution < -0.4 is 0 Å². The number of hydrogen-bond donors (Lipinski definition) is 0. The van der Waals surface area contributed by atoms with Crippen LogP contribution in [0.1, 0.15) is 120 Å². The Labute approximate surface area is 299 Å². The van der Waals surface area contributed by atoms with Crippen molar-refractivity contribution < 1.29 is 19.2 Å². The number of carbonyl (C=O) groups is 4. The molecule has 4 nitrogen and oxygen atoms in total. The van der Waals surface area contributed by atoms with Crippen LogP contribution in [0.2, 0.25) is 0 Å². The molecule has 4 aliphatic rings. The molecular formula is C46H56O4. The minimum absolute atomic E-state index is 0.0413. The SMILES string of the molecule is CC(CC(=O)Cc1ccc2ccccc2c1)(CC(=O)C1CCC(C2Cc3ccccc3CC2=O)CC1)C(=O)C1CCC(C2CCCCC2)CC1. The van der Waals surface area contributed by atoms with Gasteiger partial charge in [0.2, 0.25) is 0 Å². The number of fused-ring (bicyclic) bond motifs is 2. The minimum Gasteiger partial charge on any atom is -0.299 e. The Bertz CT molecular complexity index is 1700. The molecule has 3 aromatic rings. The Balaban J connectivity index is 1.02. The molecule has 0 heterocycles. The van der Waals surface area contributed by atoms with E-state index < -0.39 is 5.41 Å². The summed E-state index contributed by atoms with van der Waals surface area (Å²) in [5.74, 6) is 2.43. The van der Waals surface area contributed by atoms with Crippen molar-refractivity contribution in [2.24, 2.45) is 40.9 Å². The van der Waals surface area contributed by atoms with Gasteiger partial charge in [0.1, 0.15) is 23.1 Å². The summed E-state index contributed by atoms with van der Waals surface area (Å²) in [6.07, 6.45) is 15.9. The molecule has 7 rings (SSSR count). The van der Waals surface area contributed by atoms with E-state index in [0.717, 1.165) is 86.0 Å². The maximum Gasteiger partial charge on any atom is 0.142 e. The van der Waals surface area contributed by atoms with Crippen LogP contribution in [0, 0.1) is 40.9 Å². The van der Waals surface area contributed by atoms with Crippen molar-refractivity contribution >= 4 is 33.9 Å². The number of Topliss-reactive ketones (excluding diaryl/α,β-unsaturated/α-hetero) is 4. The molecule has 3 aromatic carbocycles. The van der Waals surface area contributed by atoms with Gasteiger partial charge in [-0.1, -0.05) is 106 Å². The minimum atomic E-state index is -0.979. The molecule has 0 N–H and O–H groups in total. The molecule has 0 radical (unpaired) electrons. The molecule has 0 bridgehead atoms. The standard InChI is InChI=1S/C46H56O4/c1-46(29-41(47)26-31-15-16-33-11-5-6-12-38(33)25-31,45(50)37-23-17-34(18-24-37)32-9-3-2-4-10-32)30-44(49)36-21-19-35(20-22-36)42-27-39-13-7-8-14-40(39)28-43(42)48/h5-8,11-16,25,32,34-37,42H,2-4,9-10,17-24,26-30H2,1H3. The van der Waals surface area contributed by atoms with E-state index in [2.05, 4.69) is 42.5 Å². The average molecular weight is 673 g/mol. The average Bonchev–Trinajstić information content (AvgIpc) is 3.14. The Morgan fingerprint density at radius 3 is 2.00 bits per heavy atom. The maximum atomic E-state index is 14.5. The predicted molar refractivity (Wildman–Crippen MR) is 200 cm³/mol. The summed E-state index contributed by atoms with van der Waals surface area (Å²) in [5.41, 5.74) is 2.44. The molecule has 3 fully saturated rings. The molecular weight excluding hydrogens is 617 g/mol. The molecule has 3 saturated carbocycles. The lowest BCUT2D eigenvalue weighted by atomic mass is 9.64. The van der Waals surface area contributed by atoms with Crippen molar-refractivity contribution in [2.75, 3.05) is 0 Å². The van der Waals surface area contributed by atoms with Crippen LogP contribution in [-0.2, 0) is 38.4 Å². The van der Waals surface area contributed by atoms with E-state index in [1.165, 1.54) is 43.2 Å². The van der Waals surface area contributed by atoms with Crippen LogP contribution in [0.3, 0.4) is 0 Å². The fraction of sp³-hybridized carbons (Fsp3) is 0.565. The van der Waals surface area contributed by atoms with Gasteiger partial charge in [0.25, 0.3) is 0 Å². The summed E-state index contributed by atoms with van der Waals surface area (Å²) >= 11 is 0. The summed E-state index contributed by atoms with van der Waals surface area (Å²) < 4.78 is 0. The van der Waals surface area contributed by atoms with E-state index in [0.29, 0.717) is 18.1 Å². The summed E-state index contributed by atoms with van der Waals surface area (Å²) in [6, 6.07) is 22.6. The van der Waals surface area contributed by atoms with Gasteiger partial charge in [0.05, 0.1) is 0 Å². The molecule has 4 aliphatic carbocycles. The van der Waals surface area contributed by atoms with E-state index in [-0.39, 0.29) is 54.4 Å². The largest absolute Gasteiger partial charge is 0.299 e. The highest BCUT2D eigenvalue weighted by molar-refractivity contribution is 5.97. The Morgan fingerprint density at radius 2 is 1.26 bits per heavy atom. The van der Waals surface area contributed by atoms with E-state index in [1.54, 1.807) is 0 Å². The maximum absolute atomic E-state index is 14.5. The predicted octanol–water partition coefficient (Wildman–Crippen LogP) is 10.1. The second kappa shape index (κ2) is 15.5. The lowest BCUT2D eigenvalue weighted by molar-refractivity contribution is -0.142. The molecule has 0 spiro atoms. The molecule has 0 saturated heterocycles. The molecule has 0 amide bonds. The zero-order valence-corrected chi connectivity index (χ0v) is 30.2. The van der Waals surface area contributed by atoms with Gasteiger partial charge in [-0.25, -0.2) is 0 Å². The molecule has 0 aliphatic heterocycles. The smallest absolute Gasteiger partial charge is 0.142 e. The molecule has 4 heteroatoms. The zero-order valence-electron chi connectivity index (χ0n) is 30.2. The van der Waals surface area contributed by atoms with Crippen molar-refractivity contribution in [1.82, 2.24) is 0 Å². The third kappa shape index (κ3) is 7.90. The van der Waals surface area contributed by atoms with Gasteiger partial charge in [-0.05, 0) is 103 Å². The number of hydrogen-bond acceptors (Lipinski definition) is 4. The van der Waals surface area contributed by atoms with Crippen LogP contribution in [0.25, 0.3) is 10.8 Å². The van der Waals surface area contributed by atoms with Gasteiger partial charge < -0.3 is 0 Å². The van der Waals surface area contributed by atoms with Gasteiger partial charge in [-0.2, -0.15) is 0 Å². The van der Waals surface area contributed by atoms with Crippen molar-refractivity contribution in [2.45, 2.75) is 122 Å². The summed E-state index contributed by atoms with van der Waals surface area (Å²) in [6.45, 7) is 1.93. The first kappa shape index (κ1) is 35.0. The Kier molecular flexibility index (Phi) is 10.8. The summed E-state index contributed by atoms with van der Waals surface area (Å²) in [7, 11) is 0. The molecule has 264 valence electrons. The van der Waals surface area contributed by atoms with Gasteiger partial charge >= 0.3 is 0 Å². The van der Waals surface area contributed by atoms with Gasteiger partial charge in [0.15, 0.2) is 0 Å². The van der Waals surface area contributed by atoms with Crippen LogP contribution in [-0.4, -0.2) is 23.1 Å². The molecule has 2 unspecified atom stereocenters. The first-order valence-electron chi connectivity index (χ1n) is 19.9. The summed E-state index contributed by atoms with van der Waals surface area (Å²) in [4.78, 5) is 55.6. The topological polar surface area (TPSA) is 68.3 Å². The third-order valence-corrected chi connectivity index (χ3v) is 13.6. The van der Waals surface area contributed by atoms with Crippen LogP contribution in [0.5, 0.6) is 0 Å². The second-order valence-electron chi connectivity index (χ2n) is 17.0. The lowest BCUT2D eigenvalue weighted by Crippen LogP contribution is -2.41. The highest BCUT2D eigenvalue weighted by Gasteiger charge is 2.44. The van der Waals surface area contributed by atoms with E-state index in [4.69, 9.17) is 0 Å². The quantitative estimate of drug-likeness (QED) is 0.203. The monoisotopic (exact) mass is 672 g/mol. The summed E-state index contributed by atoms with van der Waals surface area (Å²) in [5, 5.41) is 2.25. The van der Waals surface area contributed by atoms with Crippen LogP contribution >= 0.6 is 0 Å². The van der Waals surface area contributed by atoms with Crippen molar-refractivity contribution in [3.8, 4) is 0 Å². The van der Waals surface area contributed by atoms with Gasteiger partial charge in [0, 0.05) is 48.9 Å². The van der Waals surface area contributed by atoms with Crippen molar-refractivity contribution in [1.29, 1.82) is 0 Å². The molecule has 0 aromatic heterocycles. The highest BCUT2D eigenvalue weighted by Crippen LogP contribution is 2.45. The number of benzene rings is 3. The van der Waals surface area contributed by atoms with E-state index in [1.807, 2.05) is 31.2 Å². The van der Waals surface area contributed by atoms with Gasteiger partial charge in [-0.15, -0.1) is 0 Å². The van der Waals surface area contributed by atoms with E-state index in [9.17, 15) is 19.2 Å². The van der Waals surface area contributed by atoms with Crippen LogP contribution in [0.4, 0.5) is 0 Å². The first-order chi connectivity index (χ1) is 24.3. The Hall–Kier alpha value is -3.40. The first-order valence-corrected chi connectivity index (χ1v) is 19.9. The van der Waals surface area contributed by atoms with Crippen molar-refractivity contribution in [3.63, 3.8) is 0 Å². The van der Waals surface area contributed by atoms with Crippen molar-refractivity contribution in [3.05, 3.63) is 83.4 Å². The fourth-order valence-corrected chi connectivity index (χ4v) is 10.7. The normalized spacial score (nSPS) is 27.3. The number of ketones is 4. The third-order valence-electron chi connectivity index (χ3n) is 13.6.